The molecule has 2 amide bonds. The van der Waals surface area contributed by atoms with E-state index in [1.807, 2.05) is 56.3 Å². The summed E-state index contributed by atoms with van der Waals surface area (Å²) in [6.07, 6.45) is 4.90. The maximum Gasteiger partial charge on any atom is 0.255 e. The quantitative estimate of drug-likeness (QED) is 0.376. The van der Waals surface area contributed by atoms with E-state index in [9.17, 15) is 9.59 Å². The highest BCUT2D eigenvalue weighted by molar-refractivity contribution is 6.32. The van der Waals surface area contributed by atoms with Gasteiger partial charge in [-0.3, -0.25) is 9.59 Å². The van der Waals surface area contributed by atoms with Crippen LogP contribution in [0.15, 0.2) is 48.7 Å². The molecule has 9 heteroatoms. The fraction of sp³-hybridized carbons (Fsp3) is 0.419. The number of carbonyl (C=O) groups is 2. The third-order valence-corrected chi connectivity index (χ3v) is 8.12. The van der Waals surface area contributed by atoms with Crippen LogP contribution in [0.3, 0.4) is 0 Å². The minimum atomic E-state index is -0.592. The molecule has 2 aliphatic rings. The summed E-state index contributed by atoms with van der Waals surface area (Å²) in [5, 5.41) is 3.52. The van der Waals surface area contributed by atoms with Crippen LogP contribution in [-0.2, 0) is 22.5 Å². The molecule has 0 spiro atoms. The van der Waals surface area contributed by atoms with Gasteiger partial charge < -0.3 is 19.7 Å². The number of nitrogens with zero attached hydrogens (tertiary/aromatic N) is 3. The van der Waals surface area contributed by atoms with Gasteiger partial charge in [-0.1, -0.05) is 42.8 Å². The minimum Gasteiger partial charge on any atom is -0.497 e. The van der Waals surface area contributed by atoms with Crippen LogP contribution in [0.5, 0.6) is 5.75 Å². The molecule has 1 unspecified atom stereocenters. The summed E-state index contributed by atoms with van der Waals surface area (Å²) in [4.78, 5) is 37.8. The molecule has 2 aliphatic heterocycles. The Labute approximate surface area is 240 Å². The number of hydrogen-bond donors (Lipinski definition) is 1. The Hall–Kier alpha value is -3.49. The lowest BCUT2D eigenvalue weighted by Gasteiger charge is -2.27. The highest BCUT2D eigenvalue weighted by Crippen LogP contribution is 2.33. The lowest BCUT2D eigenvalue weighted by Crippen LogP contribution is -2.47. The van der Waals surface area contributed by atoms with Crippen LogP contribution in [0.4, 0.5) is 0 Å². The number of aromatic nitrogens is 2. The highest BCUT2D eigenvalue weighted by atomic mass is 35.5. The average molecular weight is 563 g/mol. The van der Waals surface area contributed by atoms with Crippen molar-refractivity contribution < 1.29 is 19.1 Å². The van der Waals surface area contributed by atoms with E-state index in [0.717, 1.165) is 60.7 Å². The van der Waals surface area contributed by atoms with Crippen LogP contribution >= 0.6 is 11.6 Å². The third-order valence-electron chi connectivity index (χ3n) is 7.84. The number of fused-ring (bicyclic) bond motifs is 1. The molecule has 0 aliphatic carbocycles. The number of nitrogens with one attached hydrogen (secondary N) is 1. The summed E-state index contributed by atoms with van der Waals surface area (Å²) in [6, 6.07) is 12.5. The molecule has 0 bridgehead atoms. The SMILES string of the molecule is CCC(C(=O)N[C@H](C)c1cccc(OC)c1)N1Cc2ccc(-c3nc(CC4CCOCC4)ncc3Cl)cc2C1=O. The molecule has 1 saturated heterocycles. The number of halogens is 1. The fourth-order valence-electron chi connectivity index (χ4n) is 5.49. The summed E-state index contributed by atoms with van der Waals surface area (Å²) in [6.45, 7) is 5.76. The Bertz CT molecular complexity index is 1390. The van der Waals surface area contributed by atoms with Gasteiger partial charge in [0.2, 0.25) is 5.91 Å². The number of ether oxygens (including phenoxy) is 2. The molecule has 2 atom stereocenters. The van der Waals surface area contributed by atoms with E-state index in [0.29, 0.717) is 35.2 Å². The van der Waals surface area contributed by atoms with E-state index in [2.05, 4.69) is 10.3 Å². The van der Waals surface area contributed by atoms with Crippen molar-refractivity contribution in [2.45, 2.75) is 58.2 Å². The van der Waals surface area contributed by atoms with Crippen molar-refractivity contribution in [2.75, 3.05) is 20.3 Å². The average Bonchev–Trinajstić information content (AvgIpc) is 3.30. The molecule has 2 aromatic carbocycles. The second kappa shape index (κ2) is 12.4. The van der Waals surface area contributed by atoms with Gasteiger partial charge in [0.1, 0.15) is 17.6 Å². The molecule has 5 rings (SSSR count). The zero-order valence-electron chi connectivity index (χ0n) is 23.2. The number of amides is 2. The maximum atomic E-state index is 13.6. The topological polar surface area (TPSA) is 93.7 Å². The molecule has 1 N–H and O–H groups in total. The second-order valence-corrected chi connectivity index (χ2v) is 10.9. The van der Waals surface area contributed by atoms with Gasteiger partial charge in [0.05, 0.1) is 23.9 Å². The van der Waals surface area contributed by atoms with Crippen molar-refractivity contribution in [2.24, 2.45) is 5.92 Å². The summed E-state index contributed by atoms with van der Waals surface area (Å²) in [5.41, 5.74) is 3.77. The Morgan fingerprint density at radius 2 is 2.02 bits per heavy atom. The van der Waals surface area contributed by atoms with Crippen LogP contribution < -0.4 is 10.1 Å². The normalized spacial score (nSPS) is 16.9. The van der Waals surface area contributed by atoms with Crippen LogP contribution in [0.1, 0.15) is 66.5 Å². The predicted octanol–water partition coefficient (Wildman–Crippen LogP) is 5.39. The standard InChI is InChI=1S/C31H35ClN4O4/c1-4-27(30(37)34-19(2)21-6-5-7-24(15-21)39-3)36-18-23-9-8-22(16-25(23)31(36)38)29-26(32)17-33-28(35-29)14-20-10-12-40-13-11-20/h5-9,15-17,19-20,27H,4,10-14,18H2,1-3H3,(H,34,37)/t19-,27?/m1/s1. The van der Waals surface area contributed by atoms with Crippen molar-refractivity contribution >= 4 is 23.4 Å². The summed E-state index contributed by atoms with van der Waals surface area (Å²) in [7, 11) is 1.61. The van der Waals surface area contributed by atoms with E-state index in [1.54, 1.807) is 18.2 Å². The van der Waals surface area contributed by atoms with Gasteiger partial charge in [-0.05, 0) is 61.4 Å². The zero-order valence-corrected chi connectivity index (χ0v) is 23.9. The van der Waals surface area contributed by atoms with Gasteiger partial charge in [-0.25, -0.2) is 9.97 Å². The maximum absolute atomic E-state index is 13.6. The minimum absolute atomic E-state index is 0.166. The molecule has 0 saturated carbocycles. The van der Waals surface area contributed by atoms with Crippen molar-refractivity contribution in [3.05, 3.63) is 76.2 Å². The first-order chi connectivity index (χ1) is 19.4. The Morgan fingerprint density at radius 1 is 1.23 bits per heavy atom. The van der Waals surface area contributed by atoms with Crippen LogP contribution in [0, 0.1) is 5.92 Å². The van der Waals surface area contributed by atoms with Gasteiger partial charge >= 0.3 is 0 Å². The number of carbonyl (C=O) groups excluding carboxylic acids is 2. The van der Waals surface area contributed by atoms with Gasteiger partial charge in [0, 0.05) is 43.5 Å². The van der Waals surface area contributed by atoms with E-state index in [4.69, 9.17) is 26.1 Å². The van der Waals surface area contributed by atoms with E-state index >= 15 is 0 Å². The molecule has 3 heterocycles. The molecular weight excluding hydrogens is 528 g/mol. The third kappa shape index (κ3) is 5.98. The molecular formula is C31H35ClN4O4. The summed E-state index contributed by atoms with van der Waals surface area (Å²) in [5.74, 6) is 1.61. The first kappa shape index (κ1) is 28.1. The van der Waals surface area contributed by atoms with Crippen molar-refractivity contribution in [1.82, 2.24) is 20.2 Å². The van der Waals surface area contributed by atoms with Crippen LogP contribution in [0.25, 0.3) is 11.3 Å². The zero-order chi connectivity index (χ0) is 28.2. The van der Waals surface area contributed by atoms with Crippen molar-refractivity contribution in [3.8, 4) is 17.0 Å². The number of rotatable bonds is 9. The molecule has 0 radical (unpaired) electrons. The van der Waals surface area contributed by atoms with Gasteiger partial charge in [0.25, 0.3) is 5.91 Å². The monoisotopic (exact) mass is 562 g/mol. The van der Waals surface area contributed by atoms with E-state index < -0.39 is 6.04 Å². The predicted molar refractivity (Wildman–Crippen MR) is 153 cm³/mol. The molecule has 210 valence electrons. The molecule has 40 heavy (non-hydrogen) atoms. The second-order valence-electron chi connectivity index (χ2n) is 10.5. The van der Waals surface area contributed by atoms with Crippen LogP contribution in [0.2, 0.25) is 5.02 Å². The van der Waals surface area contributed by atoms with E-state index in [1.165, 1.54) is 0 Å². The Morgan fingerprint density at radius 3 is 2.77 bits per heavy atom. The smallest absolute Gasteiger partial charge is 0.255 e. The molecule has 3 aromatic rings. The number of benzene rings is 2. The van der Waals surface area contributed by atoms with Crippen molar-refractivity contribution in [1.29, 1.82) is 0 Å². The van der Waals surface area contributed by atoms with Gasteiger partial charge in [0.15, 0.2) is 0 Å². The van der Waals surface area contributed by atoms with Crippen molar-refractivity contribution in [3.63, 3.8) is 0 Å². The number of hydrogen-bond acceptors (Lipinski definition) is 6. The molecule has 8 nitrogen and oxygen atoms in total. The molecule has 1 fully saturated rings. The van der Waals surface area contributed by atoms with E-state index in [-0.39, 0.29) is 17.9 Å². The lowest BCUT2D eigenvalue weighted by atomic mass is 9.96. The van der Waals surface area contributed by atoms with Gasteiger partial charge in [-0.15, -0.1) is 0 Å². The fourth-order valence-corrected chi connectivity index (χ4v) is 5.69. The largest absolute Gasteiger partial charge is 0.497 e. The Balaban J connectivity index is 1.32. The summed E-state index contributed by atoms with van der Waals surface area (Å²) < 4.78 is 10.8. The Kier molecular flexibility index (Phi) is 8.66. The van der Waals surface area contributed by atoms with Gasteiger partial charge in [-0.2, -0.15) is 0 Å². The first-order valence-corrected chi connectivity index (χ1v) is 14.2. The van der Waals surface area contributed by atoms with Crippen LogP contribution in [-0.4, -0.2) is 53.0 Å². The highest BCUT2D eigenvalue weighted by Gasteiger charge is 2.36. The first-order valence-electron chi connectivity index (χ1n) is 13.9. The molecule has 1 aromatic heterocycles. The number of methoxy groups -OCH3 is 1. The summed E-state index contributed by atoms with van der Waals surface area (Å²) >= 11 is 6.52. The lowest BCUT2D eigenvalue weighted by molar-refractivity contribution is -0.126.